The van der Waals surface area contributed by atoms with Crippen LogP contribution in [0.2, 0.25) is 0 Å². The Labute approximate surface area is 175 Å². The summed E-state index contributed by atoms with van der Waals surface area (Å²) in [5.74, 6) is 6.51. The Bertz CT molecular complexity index is 1430. The van der Waals surface area contributed by atoms with Gasteiger partial charge in [-0.1, -0.05) is 78.6 Å². The second-order valence-corrected chi connectivity index (χ2v) is 7.35. The Balaban J connectivity index is 1.61. The van der Waals surface area contributed by atoms with Crippen LogP contribution >= 0.6 is 0 Å². The van der Waals surface area contributed by atoms with E-state index in [0.29, 0.717) is 5.56 Å². The van der Waals surface area contributed by atoms with Crippen molar-refractivity contribution in [2.24, 2.45) is 0 Å². The van der Waals surface area contributed by atoms with E-state index in [9.17, 15) is 5.11 Å². The molecule has 0 aliphatic rings. The summed E-state index contributed by atoms with van der Waals surface area (Å²) in [5, 5.41) is 17.2. The van der Waals surface area contributed by atoms with Crippen LogP contribution in [0.4, 0.5) is 0 Å². The lowest BCUT2D eigenvalue weighted by Crippen LogP contribution is -1.98. The van der Waals surface area contributed by atoms with Crippen LogP contribution in [0.5, 0.6) is 0 Å². The van der Waals surface area contributed by atoms with Crippen molar-refractivity contribution < 1.29 is 9.84 Å². The van der Waals surface area contributed by atoms with Crippen molar-refractivity contribution in [1.29, 1.82) is 0 Å². The van der Waals surface area contributed by atoms with Gasteiger partial charge in [0.15, 0.2) is 6.29 Å². The first-order chi connectivity index (χ1) is 14.7. The van der Waals surface area contributed by atoms with E-state index in [0.717, 1.165) is 11.1 Å². The summed E-state index contributed by atoms with van der Waals surface area (Å²) in [6, 6.07) is 31.1. The Morgan fingerprint density at radius 2 is 1.27 bits per heavy atom. The molecule has 0 fully saturated rings. The predicted octanol–water partition coefficient (Wildman–Crippen LogP) is 6.18. The number of aliphatic hydroxyl groups is 1. The maximum Gasteiger partial charge on any atom is 0.180 e. The second kappa shape index (κ2) is 7.65. The standard InChI is InChI=1S/C28H20O2/c1-30-28(29)24-12-8-19(9-13-24)6-7-20-10-11-22-15-17-23-16-14-21-4-2-3-5-25(21)27(23)26(22)18-20/h2-5,8-18,28-29H,1H3. The van der Waals surface area contributed by atoms with Crippen LogP contribution in [0.3, 0.4) is 0 Å². The van der Waals surface area contributed by atoms with Gasteiger partial charge in [-0.3, -0.25) is 0 Å². The predicted molar refractivity (Wildman–Crippen MR) is 123 cm³/mol. The van der Waals surface area contributed by atoms with Gasteiger partial charge in [0.1, 0.15) is 0 Å². The van der Waals surface area contributed by atoms with Crippen molar-refractivity contribution in [3.63, 3.8) is 0 Å². The normalized spacial score (nSPS) is 12.1. The maximum atomic E-state index is 9.73. The minimum atomic E-state index is -0.907. The smallest absolute Gasteiger partial charge is 0.180 e. The van der Waals surface area contributed by atoms with Crippen molar-refractivity contribution in [1.82, 2.24) is 0 Å². The minimum absolute atomic E-state index is 0.715. The molecule has 1 N–H and O–H groups in total. The molecule has 144 valence electrons. The third-order valence-electron chi connectivity index (χ3n) is 5.50. The highest BCUT2D eigenvalue weighted by molar-refractivity contribution is 6.20. The van der Waals surface area contributed by atoms with Crippen LogP contribution in [-0.2, 0) is 4.74 Å². The molecular weight excluding hydrogens is 368 g/mol. The molecule has 0 bridgehead atoms. The molecule has 1 unspecified atom stereocenters. The van der Waals surface area contributed by atoms with Gasteiger partial charge in [0.05, 0.1) is 0 Å². The molecule has 0 aromatic heterocycles. The highest BCUT2D eigenvalue weighted by atomic mass is 16.6. The van der Waals surface area contributed by atoms with E-state index in [1.54, 1.807) is 0 Å². The summed E-state index contributed by atoms with van der Waals surface area (Å²) in [5.41, 5.74) is 2.58. The molecule has 5 aromatic carbocycles. The van der Waals surface area contributed by atoms with E-state index in [-0.39, 0.29) is 0 Å². The molecule has 5 rings (SSSR count). The summed E-state index contributed by atoms with van der Waals surface area (Å²) >= 11 is 0. The molecule has 0 saturated heterocycles. The van der Waals surface area contributed by atoms with Gasteiger partial charge in [-0.2, -0.15) is 0 Å². The van der Waals surface area contributed by atoms with Gasteiger partial charge < -0.3 is 9.84 Å². The lowest BCUT2D eigenvalue weighted by molar-refractivity contribution is -0.0769. The average Bonchev–Trinajstić information content (AvgIpc) is 2.82. The van der Waals surface area contributed by atoms with Gasteiger partial charge >= 0.3 is 0 Å². The van der Waals surface area contributed by atoms with Gasteiger partial charge in [0.2, 0.25) is 0 Å². The van der Waals surface area contributed by atoms with E-state index in [1.165, 1.54) is 39.4 Å². The van der Waals surface area contributed by atoms with E-state index >= 15 is 0 Å². The van der Waals surface area contributed by atoms with Crippen LogP contribution < -0.4 is 0 Å². The Morgan fingerprint density at radius 1 is 0.667 bits per heavy atom. The molecule has 5 aromatic rings. The SMILES string of the molecule is COC(O)c1ccc(C#Cc2ccc3ccc4ccc5ccccc5c4c3c2)cc1. The lowest BCUT2D eigenvalue weighted by Gasteiger charge is -2.08. The monoisotopic (exact) mass is 388 g/mol. The fourth-order valence-corrected chi connectivity index (χ4v) is 3.91. The van der Waals surface area contributed by atoms with Gasteiger partial charge in [0.25, 0.3) is 0 Å². The Hall–Kier alpha value is -3.64. The van der Waals surface area contributed by atoms with Crippen LogP contribution in [0.1, 0.15) is 23.0 Å². The molecule has 2 nitrogen and oxygen atoms in total. The quantitative estimate of drug-likeness (QED) is 0.222. The van der Waals surface area contributed by atoms with Crippen molar-refractivity contribution >= 4 is 32.3 Å². The maximum absolute atomic E-state index is 9.73. The highest BCUT2D eigenvalue weighted by Gasteiger charge is 2.06. The van der Waals surface area contributed by atoms with Crippen molar-refractivity contribution in [2.45, 2.75) is 6.29 Å². The Morgan fingerprint density at radius 3 is 2.03 bits per heavy atom. The fraction of sp³-hybridized carbons (Fsp3) is 0.0714. The zero-order valence-electron chi connectivity index (χ0n) is 16.6. The van der Waals surface area contributed by atoms with Crippen LogP contribution in [0.15, 0.2) is 91.0 Å². The van der Waals surface area contributed by atoms with Crippen LogP contribution in [0, 0.1) is 11.8 Å². The Kier molecular flexibility index (Phi) is 4.69. The summed E-state index contributed by atoms with van der Waals surface area (Å²) < 4.78 is 4.93. The highest BCUT2D eigenvalue weighted by Crippen LogP contribution is 2.32. The zero-order valence-corrected chi connectivity index (χ0v) is 16.6. The first kappa shape index (κ1) is 18.4. The molecule has 30 heavy (non-hydrogen) atoms. The lowest BCUT2D eigenvalue weighted by atomic mass is 9.95. The number of benzene rings is 5. The minimum Gasteiger partial charge on any atom is -0.364 e. The van der Waals surface area contributed by atoms with Crippen LogP contribution in [-0.4, -0.2) is 12.2 Å². The third kappa shape index (κ3) is 3.31. The topological polar surface area (TPSA) is 29.5 Å². The van der Waals surface area contributed by atoms with E-state index in [4.69, 9.17) is 4.74 Å². The van der Waals surface area contributed by atoms with E-state index < -0.39 is 6.29 Å². The van der Waals surface area contributed by atoms with E-state index in [1.807, 2.05) is 24.3 Å². The van der Waals surface area contributed by atoms with E-state index in [2.05, 4.69) is 78.6 Å². The fourth-order valence-electron chi connectivity index (χ4n) is 3.91. The zero-order chi connectivity index (χ0) is 20.5. The van der Waals surface area contributed by atoms with Gasteiger partial charge in [-0.15, -0.1) is 0 Å². The summed E-state index contributed by atoms with van der Waals surface area (Å²) in [6.07, 6.45) is -0.907. The van der Waals surface area contributed by atoms with Gasteiger partial charge in [-0.05, 0) is 56.6 Å². The molecule has 0 heterocycles. The summed E-state index contributed by atoms with van der Waals surface area (Å²) in [7, 11) is 1.48. The molecule has 0 saturated carbocycles. The van der Waals surface area contributed by atoms with Gasteiger partial charge in [0, 0.05) is 23.8 Å². The van der Waals surface area contributed by atoms with Crippen molar-refractivity contribution in [3.05, 3.63) is 108 Å². The van der Waals surface area contributed by atoms with Crippen molar-refractivity contribution in [3.8, 4) is 11.8 Å². The first-order valence-electron chi connectivity index (χ1n) is 9.90. The summed E-state index contributed by atoms with van der Waals surface area (Å²) in [6.45, 7) is 0. The first-order valence-corrected chi connectivity index (χ1v) is 9.90. The molecule has 1 atom stereocenters. The van der Waals surface area contributed by atoms with Gasteiger partial charge in [-0.25, -0.2) is 0 Å². The van der Waals surface area contributed by atoms with Crippen LogP contribution in [0.25, 0.3) is 32.3 Å². The molecule has 0 spiro atoms. The number of methoxy groups -OCH3 is 1. The number of hydrogen-bond donors (Lipinski definition) is 1. The average molecular weight is 388 g/mol. The number of ether oxygens (including phenoxy) is 1. The molecular formula is C28H20O2. The number of fused-ring (bicyclic) bond motifs is 5. The summed E-state index contributed by atoms with van der Waals surface area (Å²) in [4.78, 5) is 0. The molecule has 0 aliphatic carbocycles. The second-order valence-electron chi connectivity index (χ2n) is 7.35. The number of hydrogen-bond acceptors (Lipinski definition) is 2. The number of rotatable bonds is 2. The largest absolute Gasteiger partial charge is 0.364 e. The molecule has 0 radical (unpaired) electrons. The van der Waals surface area contributed by atoms with Crippen molar-refractivity contribution in [2.75, 3.05) is 7.11 Å². The third-order valence-corrected chi connectivity index (χ3v) is 5.50. The number of aliphatic hydroxyl groups excluding tert-OH is 1. The molecule has 2 heteroatoms. The molecule has 0 aliphatic heterocycles. The molecule has 0 amide bonds.